The number of rotatable bonds is 7. The second-order valence-corrected chi connectivity index (χ2v) is 4.60. The predicted octanol–water partition coefficient (Wildman–Crippen LogP) is 2.82. The molecule has 0 saturated carbocycles. The van der Waals surface area contributed by atoms with Crippen LogP contribution in [0.4, 0.5) is 0 Å². The SMILES string of the molecule is COc1ccccc1CCc1cccc(OCCN)c1. The molecule has 3 heteroatoms. The molecular formula is C17H21NO2. The Morgan fingerprint density at radius 1 is 1.00 bits per heavy atom. The molecule has 2 rings (SSSR count). The molecule has 0 fully saturated rings. The zero-order valence-electron chi connectivity index (χ0n) is 11.8. The van der Waals surface area contributed by atoms with Crippen LogP contribution in [0, 0.1) is 0 Å². The molecule has 106 valence electrons. The van der Waals surface area contributed by atoms with E-state index in [1.54, 1.807) is 7.11 Å². The summed E-state index contributed by atoms with van der Waals surface area (Å²) in [5.41, 5.74) is 7.92. The molecular weight excluding hydrogens is 250 g/mol. The smallest absolute Gasteiger partial charge is 0.122 e. The van der Waals surface area contributed by atoms with E-state index in [0.717, 1.165) is 24.3 Å². The highest BCUT2D eigenvalue weighted by Crippen LogP contribution is 2.20. The van der Waals surface area contributed by atoms with E-state index in [-0.39, 0.29) is 0 Å². The Labute approximate surface area is 120 Å². The van der Waals surface area contributed by atoms with Gasteiger partial charge in [0.1, 0.15) is 18.1 Å². The van der Waals surface area contributed by atoms with Crippen molar-refractivity contribution < 1.29 is 9.47 Å². The highest BCUT2D eigenvalue weighted by Gasteiger charge is 2.03. The van der Waals surface area contributed by atoms with Crippen molar-refractivity contribution in [3.8, 4) is 11.5 Å². The molecule has 3 nitrogen and oxygen atoms in total. The minimum Gasteiger partial charge on any atom is -0.496 e. The molecule has 0 atom stereocenters. The van der Waals surface area contributed by atoms with Gasteiger partial charge in [0.2, 0.25) is 0 Å². The van der Waals surface area contributed by atoms with Crippen LogP contribution in [0.3, 0.4) is 0 Å². The molecule has 0 saturated heterocycles. The monoisotopic (exact) mass is 271 g/mol. The maximum Gasteiger partial charge on any atom is 0.122 e. The fraction of sp³-hybridized carbons (Fsp3) is 0.294. The Morgan fingerprint density at radius 3 is 2.65 bits per heavy atom. The van der Waals surface area contributed by atoms with Gasteiger partial charge >= 0.3 is 0 Å². The summed E-state index contributed by atoms with van der Waals surface area (Å²) in [4.78, 5) is 0. The minimum absolute atomic E-state index is 0.533. The lowest BCUT2D eigenvalue weighted by atomic mass is 10.0. The summed E-state index contributed by atoms with van der Waals surface area (Å²) in [5, 5.41) is 0. The first kappa shape index (κ1) is 14.4. The Bertz CT molecular complexity index is 540. The van der Waals surface area contributed by atoms with Crippen LogP contribution in [-0.2, 0) is 12.8 Å². The van der Waals surface area contributed by atoms with E-state index in [1.165, 1.54) is 11.1 Å². The van der Waals surface area contributed by atoms with Crippen LogP contribution < -0.4 is 15.2 Å². The average Bonchev–Trinajstić information content (AvgIpc) is 2.51. The number of hydrogen-bond donors (Lipinski definition) is 1. The molecule has 0 heterocycles. The highest BCUT2D eigenvalue weighted by atomic mass is 16.5. The van der Waals surface area contributed by atoms with Crippen molar-refractivity contribution in [1.29, 1.82) is 0 Å². The van der Waals surface area contributed by atoms with Gasteiger partial charge in [-0.15, -0.1) is 0 Å². The van der Waals surface area contributed by atoms with Gasteiger partial charge in [-0.3, -0.25) is 0 Å². The molecule has 2 N–H and O–H groups in total. The van der Waals surface area contributed by atoms with Crippen LogP contribution in [0.5, 0.6) is 11.5 Å². The van der Waals surface area contributed by atoms with Crippen molar-refractivity contribution >= 4 is 0 Å². The van der Waals surface area contributed by atoms with E-state index in [2.05, 4.69) is 18.2 Å². The zero-order valence-corrected chi connectivity index (χ0v) is 11.8. The number of para-hydroxylation sites is 1. The van der Waals surface area contributed by atoms with Gasteiger partial charge in [-0.05, 0) is 42.2 Å². The fourth-order valence-corrected chi connectivity index (χ4v) is 2.16. The van der Waals surface area contributed by atoms with Crippen molar-refractivity contribution in [2.24, 2.45) is 5.73 Å². The third-order valence-corrected chi connectivity index (χ3v) is 3.16. The summed E-state index contributed by atoms with van der Waals surface area (Å²) in [5.74, 6) is 1.83. The molecule has 0 bridgehead atoms. The summed E-state index contributed by atoms with van der Waals surface area (Å²) < 4.78 is 10.9. The standard InChI is InChI=1S/C17H21NO2/c1-19-17-8-3-2-6-15(17)10-9-14-5-4-7-16(13-14)20-12-11-18/h2-8,13H,9-12,18H2,1H3. The number of nitrogens with two attached hydrogens (primary N) is 1. The van der Waals surface area contributed by atoms with Crippen molar-refractivity contribution in [2.75, 3.05) is 20.3 Å². The summed E-state index contributed by atoms with van der Waals surface area (Å²) in [6.07, 6.45) is 1.91. The molecule has 0 aromatic heterocycles. The van der Waals surface area contributed by atoms with E-state index in [4.69, 9.17) is 15.2 Å². The topological polar surface area (TPSA) is 44.5 Å². The van der Waals surface area contributed by atoms with Crippen LogP contribution in [0.15, 0.2) is 48.5 Å². The number of aryl methyl sites for hydroxylation is 2. The first-order chi connectivity index (χ1) is 9.83. The van der Waals surface area contributed by atoms with E-state index < -0.39 is 0 Å². The van der Waals surface area contributed by atoms with Crippen LogP contribution in [-0.4, -0.2) is 20.3 Å². The van der Waals surface area contributed by atoms with E-state index >= 15 is 0 Å². The van der Waals surface area contributed by atoms with Crippen molar-refractivity contribution in [3.63, 3.8) is 0 Å². The number of benzene rings is 2. The third kappa shape index (κ3) is 4.00. The van der Waals surface area contributed by atoms with Crippen molar-refractivity contribution in [2.45, 2.75) is 12.8 Å². The van der Waals surface area contributed by atoms with E-state index in [9.17, 15) is 0 Å². The molecule has 0 aliphatic rings. The van der Waals surface area contributed by atoms with Crippen LogP contribution in [0.1, 0.15) is 11.1 Å². The van der Waals surface area contributed by atoms with Gasteiger partial charge in [0.25, 0.3) is 0 Å². The highest BCUT2D eigenvalue weighted by molar-refractivity contribution is 5.35. The number of methoxy groups -OCH3 is 1. The molecule has 2 aromatic carbocycles. The lowest BCUT2D eigenvalue weighted by molar-refractivity contribution is 0.328. The lowest BCUT2D eigenvalue weighted by Gasteiger charge is -2.09. The number of ether oxygens (including phenoxy) is 2. The Kier molecular flexibility index (Phi) is 5.44. The van der Waals surface area contributed by atoms with Gasteiger partial charge < -0.3 is 15.2 Å². The van der Waals surface area contributed by atoms with Crippen LogP contribution in [0.25, 0.3) is 0 Å². The zero-order chi connectivity index (χ0) is 14.2. The Hall–Kier alpha value is -2.00. The van der Waals surface area contributed by atoms with Gasteiger partial charge in [-0.25, -0.2) is 0 Å². The first-order valence-electron chi connectivity index (χ1n) is 6.87. The van der Waals surface area contributed by atoms with Gasteiger partial charge in [0.15, 0.2) is 0 Å². The van der Waals surface area contributed by atoms with Crippen molar-refractivity contribution in [1.82, 2.24) is 0 Å². The fourth-order valence-electron chi connectivity index (χ4n) is 2.16. The first-order valence-corrected chi connectivity index (χ1v) is 6.87. The summed E-state index contributed by atoms with van der Waals surface area (Å²) in [6, 6.07) is 16.3. The maximum absolute atomic E-state index is 5.54. The number of hydrogen-bond acceptors (Lipinski definition) is 3. The molecule has 0 radical (unpaired) electrons. The Morgan fingerprint density at radius 2 is 1.85 bits per heavy atom. The lowest BCUT2D eigenvalue weighted by Crippen LogP contribution is -2.10. The molecule has 0 aliphatic heterocycles. The Balaban J connectivity index is 1.99. The molecule has 0 unspecified atom stereocenters. The second-order valence-electron chi connectivity index (χ2n) is 4.60. The molecule has 0 spiro atoms. The summed E-state index contributed by atoms with van der Waals surface area (Å²) >= 11 is 0. The second kappa shape index (κ2) is 7.56. The normalized spacial score (nSPS) is 10.3. The van der Waals surface area contributed by atoms with Crippen molar-refractivity contribution in [3.05, 3.63) is 59.7 Å². The van der Waals surface area contributed by atoms with Gasteiger partial charge in [-0.1, -0.05) is 30.3 Å². The van der Waals surface area contributed by atoms with Gasteiger partial charge in [0.05, 0.1) is 7.11 Å². The van der Waals surface area contributed by atoms with Gasteiger partial charge in [0, 0.05) is 6.54 Å². The summed E-state index contributed by atoms with van der Waals surface area (Å²) in [7, 11) is 1.71. The predicted molar refractivity (Wildman–Crippen MR) is 81.4 cm³/mol. The maximum atomic E-state index is 5.54. The summed E-state index contributed by atoms with van der Waals surface area (Å²) in [6.45, 7) is 1.08. The molecule has 0 amide bonds. The minimum atomic E-state index is 0.533. The molecule has 20 heavy (non-hydrogen) atoms. The average molecular weight is 271 g/mol. The largest absolute Gasteiger partial charge is 0.496 e. The van der Waals surface area contributed by atoms with Crippen LogP contribution in [0.2, 0.25) is 0 Å². The van der Waals surface area contributed by atoms with E-state index in [1.807, 2.05) is 30.3 Å². The van der Waals surface area contributed by atoms with Gasteiger partial charge in [-0.2, -0.15) is 0 Å². The molecule has 0 aliphatic carbocycles. The quantitative estimate of drug-likeness (QED) is 0.842. The van der Waals surface area contributed by atoms with Crippen LogP contribution >= 0.6 is 0 Å². The van der Waals surface area contributed by atoms with E-state index in [0.29, 0.717) is 13.2 Å². The molecule has 2 aromatic rings. The third-order valence-electron chi connectivity index (χ3n) is 3.16.